The molecule has 0 saturated carbocycles. The lowest BCUT2D eigenvalue weighted by Crippen LogP contribution is -2.24. The molecule has 2 N–H and O–H groups in total. The second kappa shape index (κ2) is 8.11. The number of rotatable bonds is 3. The van der Waals surface area contributed by atoms with Gasteiger partial charge in [0.1, 0.15) is 12.4 Å². The lowest BCUT2D eigenvalue weighted by atomic mass is 10.2. The number of phenolic OH excluding ortho intramolecular Hbond substituents is 1. The zero-order chi connectivity index (χ0) is 15.8. The number of ether oxygens (including phenoxy) is 1. The zero-order valence-corrected chi connectivity index (χ0v) is 13.3. The van der Waals surface area contributed by atoms with Gasteiger partial charge in [0.05, 0.1) is 12.1 Å². The third kappa shape index (κ3) is 5.15. The molecular weight excluding hydrogens is 346 g/mol. The maximum absolute atomic E-state index is 11.5. The van der Waals surface area contributed by atoms with Gasteiger partial charge in [-0.25, -0.2) is 4.79 Å². The first kappa shape index (κ1) is 15.9. The van der Waals surface area contributed by atoms with Crippen LogP contribution in [-0.4, -0.2) is 17.7 Å². The minimum Gasteiger partial charge on any atom is -0.507 e. The number of hydrogen-bond donors (Lipinski definition) is 2. The second-order valence-corrected chi connectivity index (χ2v) is 5.29. The van der Waals surface area contributed by atoms with Gasteiger partial charge >= 0.3 is 6.09 Å². The van der Waals surface area contributed by atoms with Crippen molar-refractivity contribution in [1.82, 2.24) is 5.32 Å². The Morgan fingerprint density at radius 1 is 1.23 bits per heavy atom. The summed E-state index contributed by atoms with van der Waals surface area (Å²) in [7, 11) is 0. The number of hydrogen-bond acceptors (Lipinski definition) is 3. The number of amides is 1. The van der Waals surface area contributed by atoms with Crippen molar-refractivity contribution in [2.24, 2.45) is 0 Å². The summed E-state index contributed by atoms with van der Waals surface area (Å²) in [5.41, 5.74) is 1.41. The van der Waals surface area contributed by atoms with E-state index < -0.39 is 6.09 Å². The number of carbonyl (C=O) groups is 1. The Hall–Kier alpha value is -2.45. The summed E-state index contributed by atoms with van der Waals surface area (Å²) in [6.07, 6.45) is -0.531. The van der Waals surface area contributed by atoms with E-state index in [4.69, 9.17) is 4.74 Å². The molecule has 0 aliphatic heterocycles. The van der Waals surface area contributed by atoms with Gasteiger partial charge in [-0.05, 0) is 23.8 Å². The highest BCUT2D eigenvalue weighted by Gasteiger charge is 2.01. The summed E-state index contributed by atoms with van der Waals surface area (Å²) < 4.78 is 5.87. The molecule has 1 amide bonds. The van der Waals surface area contributed by atoms with E-state index >= 15 is 0 Å². The smallest absolute Gasteiger partial charge is 0.408 e. The van der Waals surface area contributed by atoms with Crippen LogP contribution in [0.2, 0.25) is 0 Å². The summed E-state index contributed by atoms with van der Waals surface area (Å²) in [6.45, 7) is 0.353. The van der Waals surface area contributed by atoms with Gasteiger partial charge in [-0.15, -0.1) is 0 Å². The standard InChI is InChI=1S/C17H14BrNO3/c18-15-8-9-16(20)14(11-15)7-4-10-19-17(21)22-12-13-5-2-1-3-6-13/h1-3,5-6,8-9,11,20H,10,12H2,(H,19,21). The van der Waals surface area contributed by atoms with Gasteiger partial charge in [-0.3, -0.25) is 0 Å². The molecule has 0 heterocycles. The molecule has 4 nitrogen and oxygen atoms in total. The zero-order valence-electron chi connectivity index (χ0n) is 11.7. The first-order chi connectivity index (χ1) is 10.6. The minimum atomic E-state index is -0.531. The Balaban J connectivity index is 1.78. The Morgan fingerprint density at radius 2 is 2.00 bits per heavy atom. The number of phenols is 1. The van der Waals surface area contributed by atoms with Crippen molar-refractivity contribution in [3.8, 4) is 17.6 Å². The lowest BCUT2D eigenvalue weighted by Gasteiger charge is -2.04. The van der Waals surface area contributed by atoms with E-state index in [1.54, 1.807) is 18.2 Å². The van der Waals surface area contributed by atoms with Crippen molar-refractivity contribution in [3.63, 3.8) is 0 Å². The second-order valence-electron chi connectivity index (χ2n) is 4.38. The largest absolute Gasteiger partial charge is 0.507 e. The van der Waals surface area contributed by atoms with Crippen molar-refractivity contribution in [3.05, 3.63) is 64.1 Å². The highest BCUT2D eigenvalue weighted by Crippen LogP contribution is 2.20. The SMILES string of the molecule is O=C(NCC#Cc1cc(Br)ccc1O)OCc1ccccc1. The van der Waals surface area contributed by atoms with Crippen molar-refractivity contribution in [2.45, 2.75) is 6.61 Å². The average molecular weight is 360 g/mol. The van der Waals surface area contributed by atoms with E-state index in [1.807, 2.05) is 30.3 Å². The molecule has 22 heavy (non-hydrogen) atoms. The Bertz CT molecular complexity index is 705. The maximum Gasteiger partial charge on any atom is 0.408 e. The van der Waals surface area contributed by atoms with Gasteiger partial charge in [0.25, 0.3) is 0 Å². The van der Waals surface area contributed by atoms with Crippen LogP contribution in [0.4, 0.5) is 4.79 Å². The summed E-state index contributed by atoms with van der Waals surface area (Å²) in [5, 5.41) is 12.1. The monoisotopic (exact) mass is 359 g/mol. The van der Waals surface area contributed by atoms with Crippen LogP contribution in [0.1, 0.15) is 11.1 Å². The predicted octanol–water partition coefficient (Wildman–Crippen LogP) is 3.43. The molecule has 0 radical (unpaired) electrons. The van der Waals surface area contributed by atoms with Gasteiger partial charge in [0.2, 0.25) is 0 Å². The molecule has 0 saturated heterocycles. The third-order valence-electron chi connectivity index (χ3n) is 2.72. The molecule has 2 aromatic carbocycles. The van der Waals surface area contributed by atoms with E-state index in [-0.39, 0.29) is 18.9 Å². The summed E-state index contributed by atoms with van der Waals surface area (Å²) in [6, 6.07) is 14.4. The fourth-order valence-electron chi connectivity index (χ4n) is 1.64. The van der Waals surface area contributed by atoms with Crippen LogP contribution >= 0.6 is 15.9 Å². The lowest BCUT2D eigenvalue weighted by molar-refractivity contribution is 0.141. The normalized spacial score (nSPS) is 9.50. The summed E-state index contributed by atoms with van der Waals surface area (Å²) >= 11 is 3.30. The van der Waals surface area contributed by atoms with Crippen LogP contribution in [0, 0.1) is 11.8 Å². The van der Waals surface area contributed by atoms with E-state index in [9.17, 15) is 9.90 Å². The predicted molar refractivity (Wildman–Crippen MR) is 87.3 cm³/mol. The van der Waals surface area contributed by atoms with Crippen molar-refractivity contribution >= 4 is 22.0 Å². The van der Waals surface area contributed by atoms with E-state index in [0.29, 0.717) is 5.56 Å². The van der Waals surface area contributed by atoms with Crippen LogP contribution in [0.25, 0.3) is 0 Å². The number of benzene rings is 2. The minimum absolute atomic E-state index is 0.0994. The fraction of sp³-hybridized carbons (Fsp3) is 0.118. The maximum atomic E-state index is 11.5. The van der Waals surface area contributed by atoms with E-state index in [2.05, 4.69) is 33.1 Å². The molecule has 0 bridgehead atoms. The molecule has 0 aliphatic rings. The molecule has 2 aromatic rings. The molecule has 0 aromatic heterocycles. The molecule has 5 heteroatoms. The Kier molecular flexibility index (Phi) is 5.87. The molecule has 112 valence electrons. The molecule has 0 unspecified atom stereocenters. The average Bonchev–Trinajstić information content (AvgIpc) is 2.53. The highest BCUT2D eigenvalue weighted by molar-refractivity contribution is 9.10. The van der Waals surface area contributed by atoms with Gasteiger partial charge in [-0.2, -0.15) is 0 Å². The van der Waals surface area contributed by atoms with Crippen LogP contribution in [0.3, 0.4) is 0 Å². The summed E-state index contributed by atoms with van der Waals surface area (Å²) in [4.78, 5) is 11.5. The number of halogens is 1. The van der Waals surface area contributed by atoms with Crippen molar-refractivity contribution in [1.29, 1.82) is 0 Å². The quantitative estimate of drug-likeness (QED) is 0.825. The Morgan fingerprint density at radius 3 is 2.77 bits per heavy atom. The number of alkyl carbamates (subject to hydrolysis) is 1. The molecule has 0 atom stereocenters. The van der Waals surface area contributed by atoms with Gasteiger partial charge < -0.3 is 15.2 Å². The third-order valence-corrected chi connectivity index (χ3v) is 3.21. The topological polar surface area (TPSA) is 58.6 Å². The van der Waals surface area contributed by atoms with Gasteiger partial charge in [0.15, 0.2) is 0 Å². The number of carbonyl (C=O) groups excluding carboxylic acids is 1. The fourth-order valence-corrected chi connectivity index (χ4v) is 2.00. The Labute approximate surface area is 137 Å². The molecule has 2 rings (SSSR count). The van der Waals surface area contributed by atoms with Crippen LogP contribution < -0.4 is 5.32 Å². The summed E-state index contributed by atoms with van der Waals surface area (Å²) in [5.74, 6) is 5.64. The molecule has 0 aliphatic carbocycles. The van der Waals surface area contributed by atoms with Crippen LogP contribution in [0.5, 0.6) is 5.75 Å². The molecule has 0 spiro atoms. The van der Waals surface area contributed by atoms with Gasteiger partial charge in [0, 0.05) is 4.47 Å². The first-order valence-electron chi connectivity index (χ1n) is 6.57. The van der Waals surface area contributed by atoms with Crippen molar-refractivity contribution in [2.75, 3.05) is 6.54 Å². The van der Waals surface area contributed by atoms with Crippen molar-refractivity contribution < 1.29 is 14.6 Å². The van der Waals surface area contributed by atoms with Crippen LogP contribution in [-0.2, 0) is 11.3 Å². The number of aromatic hydroxyl groups is 1. The molecule has 0 fully saturated rings. The van der Waals surface area contributed by atoms with E-state index in [0.717, 1.165) is 10.0 Å². The highest BCUT2D eigenvalue weighted by atomic mass is 79.9. The van der Waals surface area contributed by atoms with E-state index in [1.165, 1.54) is 0 Å². The van der Waals surface area contributed by atoms with Gasteiger partial charge in [-0.1, -0.05) is 58.1 Å². The van der Waals surface area contributed by atoms with Crippen LogP contribution in [0.15, 0.2) is 53.0 Å². The molecular formula is C17H14BrNO3. The number of nitrogens with one attached hydrogen (secondary N) is 1. The first-order valence-corrected chi connectivity index (χ1v) is 7.36.